The van der Waals surface area contributed by atoms with Crippen molar-refractivity contribution in [2.45, 2.75) is 6.92 Å². The Balaban J connectivity index is 0.000000250. The first-order valence-electron chi connectivity index (χ1n) is 6.19. The Bertz CT molecular complexity index is 417. The van der Waals surface area contributed by atoms with Gasteiger partial charge in [-0.2, -0.15) is 0 Å². The average Bonchev–Trinajstić information content (AvgIpc) is 2.47. The van der Waals surface area contributed by atoms with Crippen LogP contribution in [0.15, 0.2) is 41.0 Å². The van der Waals surface area contributed by atoms with Crippen LogP contribution in [0.25, 0.3) is 0 Å². The minimum Gasteiger partial charge on any atom is -0.404 e. The van der Waals surface area contributed by atoms with Crippen LogP contribution >= 0.6 is 11.6 Å². The standard InChI is InChI=1S/C10H11ClN2.C4H9NO/c1-8(6-12)7-13-10-4-2-3-9(11)5-10;1-3-6-4-2-5-1/h2-7H,12H2,1H3;5H,1-4H2/b8-6-,13-7?;. The SMILES string of the molecule is C/C(C=Nc1cccc(Cl)c1)=C/N.C1COCCN1. The Kier molecular flexibility index (Phi) is 7.89. The summed E-state index contributed by atoms with van der Waals surface area (Å²) in [6.45, 7) is 5.72. The van der Waals surface area contributed by atoms with Crippen molar-refractivity contribution in [2.75, 3.05) is 26.3 Å². The fourth-order valence-corrected chi connectivity index (χ4v) is 1.48. The van der Waals surface area contributed by atoms with Crippen LogP contribution in [-0.4, -0.2) is 32.5 Å². The number of hydrogen-bond acceptors (Lipinski definition) is 4. The van der Waals surface area contributed by atoms with Crippen LogP contribution in [-0.2, 0) is 4.74 Å². The number of hydrogen-bond donors (Lipinski definition) is 2. The minimum absolute atomic E-state index is 0.684. The highest BCUT2D eigenvalue weighted by molar-refractivity contribution is 6.30. The molecule has 2 rings (SSSR count). The van der Waals surface area contributed by atoms with E-state index >= 15 is 0 Å². The third-order valence-corrected chi connectivity index (χ3v) is 2.57. The number of nitrogens with two attached hydrogens (primary N) is 1. The van der Waals surface area contributed by atoms with Gasteiger partial charge in [-0.1, -0.05) is 17.7 Å². The van der Waals surface area contributed by atoms with Gasteiger partial charge >= 0.3 is 0 Å². The molecule has 4 nitrogen and oxygen atoms in total. The Morgan fingerprint density at radius 3 is 2.63 bits per heavy atom. The quantitative estimate of drug-likeness (QED) is 0.819. The van der Waals surface area contributed by atoms with Crippen molar-refractivity contribution in [3.05, 3.63) is 41.1 Å². The summed E-state index contributed by atoms with van der Waals surface area (Å²) < 4.78 is 5.01. The van der Waals surface area contributed by atoms with Crippen molar-refractivity contribution in [1.29, 1.82) is 0 Å². The number of morpholine rings is 1. The average molecular weight is 282 g/mol. The molecular weight excluding hydrogens is 262 g/mol. The highest BCUT2D eigenvalue weighted by atomic mass is 35.5. The summed E-state index contributed by atoms with van der Waals surface area (Å²) in [4.78, 5) is 4.18. The van der Waals surface area contributed by atoms with E-state index in [0.717, 1.165) is 37.6 Å². The van der Waals surface area contributed by atoms with Crippen LogP contribution in [0.3, 0.4) is 0 Å². The van der Waals surface area contributed by atoms with Crippen molar-refractivity contribution in [3.8, 4) is 0 Å². The molecule has 19 heavy (non-hydrogen) atoms. The molecule has 0 aliphatic carbocycles. The zero-order valence-electron chi connectivity index (χ0n) is 11.1. The number of halogens is 1. The van der Waals surface area contributed by atoms with Crippen molar-refractivity contribution in [2.24, 2.45) is 10.7 Å². The largest absolute Gasteiger partial charge is 0.404 e. The van der Waals surface area contributed by atoms with E-state index in [4.69, 9.17) is 22.1 Å². The Hall–Kier alpha value is -1.36. The van der Waals surface area contributed by atoms with Crippen molar-refractivity contribution in [1.82, 2.24) is 5.32 Å². The van der Waals surface area contributed by atoms with Crippen LogP contribution in [0.4, 0.5) is 5.69 Å². The molecule has 1 aromatic carbocycles. The fraction of sp³-hybridized carbons (Fsp3) is 0.357. The number of aliphatic imine (C=N–C) groups is 1. The molecule has 3 N–H and O–H groups in total. The summed E-state index contributed by atoms with van der Waals surface area (Å²) in [5, 5.41) is 3.84. The predicted octanol–water partition coefficient (Wildman–Crippen LogP) is 2.51. The van der Waals surface area contributed by atoms with E-state index in [1.807, 2.05) is 25.1 Å². The summed E-state index contributed by atoms with van der Waals surface area (Å²) in [6.07, 6.45) is 3.21. The molecule has 0 aromatic heterocycles. The second kappa shape index (κ2) is 9.55. The van der Waals surface area contributed by atoms with Crippen molar-refractivity contribution in [3.63, 3.8) is 0 Å². The first-order chi connectivity index (χ1) is 9.22. The molecule has 0 atom stereocenters. The predicted molar refractivity (Wildman–Crippen MR) is 81.2 cm³/mol. The van der Waals surface area contributed by atoms with Gasteiger partial charge in [0.15, 0.2) is 0 Å². The van der Waals surface area contributed by atoms with Gasteiger partial charge in [0, 0.05) is 24.3 Å². The maximum absolute atomic E-state index is 5.78. The van der Waals surface area contributed by atoms with Gasteiger partial charge in [0.25, 0.3) is 0 Å². The van der Waals surface area contributed by atoms with E-state index < -0.39 is 0 Å². The normalized spacial score (nSPS) is 16.0. The molecule has 1 aliphatic heterocycles. The number of nitrogens with one attached hydrogen (secondary N) is 1. The lowest BCUT2D eigenvalue weighted by Crippen LogP contribution is -2.30. The van der Waals surface area contributed by atoms with Crippen LogP contribution in [0.5, 0.6) is 0 Å². The summed E-state index contributed by atoms with van der Waals surface area (Å²) >= 11 is 5.78. The molecular formula is C14H20ClN3O. The minimum atomic E-state index is 0.684. The molecule has 0 bridgehead atoms. The lowest BCUT2D eigenvalue weighted by atomic mass is 10.3. The highest BCUT2D eigenvalue weighted by Gasteiger charge is 1.93. The van der Waals surface area contributed by atoms with Crippen LogP contribution in [0.1, 0.15) is 6.92 Å². The third kappa shape index (κ3) is 7.62. The van der Waals surface area contributed by atoms with Gasteiger partial charge < -0.3 is 15.8 Å². The van der Waals surface area contributed by atoms with Crippen molar-refractivity contribution < 1.29 is 4.74 Å². The molecule has 5 heteroatoms. The smallest absolute Gasteiger partial charge is 0.0644 e. The molecule has 1 aromatic rings. The molecule has 1 fully saturated rings. The summed E-state index contributed by atoms with van der Waals surface area (Å²) in [5.74, 6) is 0. The fourth-order valence-electron chi connectivity index (χ4n) is 1.29. The second-order valence-corrected chi connectivity index (χ2v) is 4.45. The summed E-state index contributed by atoms with van der Waals surface area (Å²) in [7, 11) is 0. The Labute approximate surface area is 119 Å². The van der Waals surface area contributed by atoms with Gasteiger partial charge in [0.1, 0.15) is 0 Å². The molecule has 0 unspecified atom stereocenters. The van der Waals surface area contributed by atoms with Crippen LogP contribution in [0.2, 0.25) is 5.02 Å². The highest BCUT2D eigenvalue weighted by Crippen LogP contribution is 2.17. The van der Waals surface area contributed by atoms with E-state index in [9.17, 15) is 0 Å². The maximum atomic E-state index is 5.78. The van der Waals surface area contributed by atoms with Crippen LogP contribution < -0.4 is 11.1 Å². The molecule has 0 radical (unpaired) electrons. The molecule has 0 amide bonds. The zero-order chi connectivity index (χ0) is 13.9. The van der Waals surface area contributed by atoms with Gasteiger partial charge in [-0.05, 0) is 36.9 Å². The summed E-state index contributed by atoms with van der Waals surface area (Å²) in [6, 6.07) is 7.34. The van der Waals surface area contributed by atoms with E-state index in [2.05, 4.69) is 10.3 Å². The molecule has 104 valence electrons. The summed E-state index contributed by atoms with van der Waals surface area (Å²) in [5.41, 5.74) is 7.03. The number of nitrogens with zero attached hydrogens (tertiary/aromatic N) is 1. The molecule has 1 heterocycles. The number of benzene rings is 1. The van der Waals surface area contributed by atoms with E-state index in [1.54, 1.807) is 12.3 Å². The lowest BCUT2D eigenvalue weighted by Gasteiger charge is -2.10. The van der Waals surface area contributed by atoms with E-state index in [1.165, 1.54) is 6.20 Å². The number of rotatable bonds is 2. The first kappa shape index (κ1) is 15.7. The molecule has 1 aliphatic rings. The molecule has 1 saturated heterocycles. The second-order valence-electron chi connectivity index (χ2n) is 4.01. The van der Waals surface area contributed by atoms with Gasteiger partial charge in [-0.3, -0.25) is 4.99 Å². The molecule has 0 saturated carbocycles. The van der Waals surface area contributed by atoms with E-state index in [0.29, 0.717) is 5.02 Å². The van der Waals surface area contributed by atoms with Gasteiger partial charge in [0.05, 0.1) is 18.9 Å². The van der Waals surface area contributed by atoms with Crippen molar-refractivity contribution >= 4 is 23.5 Å². The van der Waals surface area contributed by atoms with Gasteiger partial charge in [0.2, 0.25) is 0 Å². The topological polar surface area (TPSA) is 59.6 Å². The van der Waals surface area contributed by atoms with Crippen LogP contribution in [0, 0.1) is 0 Å². The lowest BCUT2D eigenvalue weighted by molar-refractivity contribution is 0.109. The first-order valence-corrected chi connectivity index (χ1v) is 6.57. The Morgan fingerprint density at radius 1 is 1.42 bits per heavy atom. The Morgan fingerprint density at radius 2 is 2.16 bits per heavy atom. The number of allylic oxidation sites excluding steroid dienone is 1. The maximum Gasteiger partial charge on any atom is 0.0644 e. The monoisotopic (exact) mass is 281 g/mol. The zero-order valence-corrected chi connectivity index (χ0v) is 11.9. The van der Waals surface area contributed by atoms with Gasteiger partial charge in [-0.25, -0.2) is 0 Å². The van der Waals surface area contributed by atoms with Gasteiger partial charge in [-0.15, -0.1) is 0 Å². The third-order valence-electron chi connectivity index (χ3n) is 2.33. The van der Waals surface area contributed by atoms with E-state index in [-0.39, 0.29) is 0 Å². The molecule has 0 spiro atoms. The number of ether oxygens (including phenoxy) is 1.